The van der Waals surface area contributed by atoms with Crippen LogP contribution in [0.3, 0.4) is 0 Å². The number of fused-ring (bicyclic) bond motifs is 1. The van der Waals surface area contributed by atoms with E-state index in [1.807, 2.05) is 0 Å². The quantitative estimate of drug-likeness (QED) is 0.689. The lowest BCUT2D eigenvalue weighted by Crippen LogP contribution is -2.37. The first-order chi connectivity index (χ1) is 11.0. The highest BCUT2D eigenvalue weighted by atomic mass is 35.5. The molecule has 8 nitrogen and oxygen atoms in total. The van der Waals surface area contributed by atoms with Crippen molar-refractivity contribution < 1.29 is 22.7 Å². The summed E-state index contributed by atoms with van der Waals surface area (Å²) in [6.07, 6.45) is 1.99. The molecule has 1 unspecified atom stereocenters. The number of carbonyl (C=O) groups is 1. The maximum atomic E-state index is 12.6. The maximum Gasteiger partial charge on any atom is 0.262 e. The molecule has 0 aromatic heterocycles. The number of hydrogen-bond donors (Lipinski definition) is 3. The number of anilines is 1. The van der Waals surface area contributed by atoms with E-state index >= 15 is 0 Å². The Morgan fingerprint density at radius 1 is 1.42 bits per heavy atom. The third-order valence-corrected chi connectivity index (χ3v) is 5.32. The third kappa shape index (κ3) is 3.92. The molecule has 1 atom stereocenters. The standard InChI is InChI=1S/C14H19N3O5S.ClH/c1-21-12-5-10-11(22-8-14(18)17-10)6-13(12)23(19,20)16-7-9-3-2-4-15-9;/h5-6,9,15-16H,2-4,7-8H2,1H3,(H,17,18);1H. The first kappa shape index (κ1) is 18.8. The summed E-state index contributed by atoms with van der Waals surface area (Å²) >= 11 is 0. The molecule has 0 saturated carbocycles. The van der Waals surface area contributed by atoms with E-state index in [2.05, 4.69) is 15.4 Å². The van der Waals surface area contributed by atoms with E-state index in [-0.39, 0.29) is 41.6 Å². The molecule has 0 radical (unpaired) electrons. The van der Waals surface area contributed by atoms with E-state index in [0.717, 1.165) is 19.4 Å². The molecule has 0 aliphatic carbocycles. The second-order valence-electron chi connectivity index (χ2n) is 5.48. The van der Waals surface area contributed by atoms with Crippen molar-refractivity contribution in [2.45, 2.75) is 23.8 Å². The second kappa shape index (κ2) is 7.56. The number of ether oxygens (including phenoxy) is 2. The van der Waals surface area contributed by atoms with Crippen molar-refractivity contribution in [2.75, 3.05) is 32.1 Å². The van der Waals surface area contributed by atoms with Crippen LogP contribution >= 0.6 is 12.4 Å². The van der Waals surface area contributed by atoms with Gasteiger partial charge < -0.3 is 20.1 Å². The Balaban J connectivity index is 0.00000208. The zero-order valence-corrected chi connectivity index (χ0v) is 14.8. The summed E-state index contributed by atoms with van der Waals surface area (Å²) in [5, 5.41) is 5.85. The van der Waals surface area contributed by atoms with Gasteiger partial charge in [0.2, 0.25) is 10.0 Å². The average Bonchev–Trinajstić information content (AvgIpc) is 3.05. The van der Waals surface area contributed by atoms with Crippen LogP contribution in [-0.2, 0) is 14.8 Å². The molecule has 2 aliphatic heterocycles. The summed E-state index contributed by atoms with van der Waals surface area (Å²) < 4.78 is 38.1. The summed E-state index contributed by atoms with van der Waals surface area (Å²) in [6.45, 7) is 1.08. The van der Waals surface area contributed by atoms with Gasteiger partial charge in [-0.05, 0) is 19.4 Å². The monoisotopic (exact) mass is 377 g/mol. The minimum atomic E-state index is -3.75. The molecule has 10 heteroatoms. The molecule has 1 aromatic rings. The van der Waals surface area contributed by atoms with E-state index in [4.69, 9.17) is 9.47 Å². The van der Waals surface area contributed by atoms with E-state index < -0.39 is 10.0 Å². The van der Waals surface area contributed by atoms with Crippen LogP contribution in [0.4, 0.5) is 5.69 Å². The van der Waals surface area contributed by atoms with Crippen LogP contribution in [0.15, 0.2) is 17.0 Å². The molecule has 1 saturated heterocycles. The van der Waals surface area contributed by atoms with E-state index in [0.29, 0.717) is 18.0 Å². The van der Waals surface area contributed by atoms with Crippen LogP contribution in [0, 0.1) is 0 Å². The number of nitrogens with one attached hydrogen (secondary N) is 3. The van der Waals surface area contributed by atoms with Crippen LogP contribution in [-0.4, -0.2) is 47.2 Å². The molecule has 2 aliphatic rings. The summed E-state index contributed by atoms with van der Waals surface area (Å²) in [4.78, 5) is 11.3. The van der Waals surface area contributed by atoms with Crippen LogP contribution in [0.5, 0.6) is 11.5 Å². The molecule has 1 amide bonds. The summed E-state index contributed by atoms with van der Waals surface area (Å²) in [7, 11) is -2.37. The fraction of sp³-hybridized carbons (Fsp3) is 0.500. The van der Waals surface area contributed by atoms with E-state index in [1.54, 1.807) is 0 Å². The summed E-state index contributed by atoms with van der Waals surface area (Å²) in [5.41, 5.74) is 0.398. The van der Waals surface area contributed by atoms with Crippen LogP contribution in [0.25, 0.3) is 0 Å². The van der Waals surface area contributed by atoms with Crippen molar-refractivity contribution >= 4 is 34.0 Å². The Labute approximate surface area is 146 Å². The third-order valence-electron chi connectivity index (χ3n) is 3.87. The van der Waals surface area contributed by atoms with Crippen LogP contribution in [0.2, 0.25) is 0 Å². The number of rotatable bonds is 5. The molecule has 1 fully saturated rings. The summed E-state index contributed by atoms with van der Waals surface area (Å²) in [5.74, 6) is 0.173. The zero-order valence-electron chi connectivity index (χ0n) is 13.1. The average molecular weight is 378 g/mol. The SMILES string of the molecule is COc1cc2c(cc1S(=O)(=O)NCC1CCCN1)OCC(=O)N2.Cl. The Morgan fingerprint density at radius 3 is 2.88 bits per heavy atom. The summed E-state index contributed by atoms with van der Waals surface area (Å²) in [6, 6.07) is 2.97. The zero-order chi connectivity index (χ0) is 16.4. The largest absolute Gasteiger partial charge is 0.495 e. The highest BCUT2D eigenvalue weighted by molar-refractivity contribution is 7.89. The molecule has 134 valence electrons. The first-order valence-electron chi connectivity index (χ1n) is 7.37. The van der Waals surface area contributed by atoms with Crippen molar-refractivity contribution in [1.29, 1.82) is 0 Å². The molecule has 0 bridgehead atoms. The van der Waals surface area contributed by atoms with Crippen LogP contribution in [0.1, 0.15) is 12.8 Å². The number of hydrogen-bond acceptors (Lipinski definition) is 6. The van der Waals surface area contributed by atoms with Crippen molar-refractivity contribution in [3.8, 4) is 11.5 Å². The van der Waals surface area contributed by atoms with Crippen molar-refractivity contribution in [1.82, 2.24) is 10.0 Å². The molecule has 3 rings (SSSR count). The number of benzene rings is 1. The normalized spacial score (nSPS) is 19.7. The van der Waals surface area contributed by atoms with Gasteiger partial charge in [-0.2, -0.15) is 0 Å². The van der Waals surface area contributed by atoms with Gasteiger partial charge in [-0.25, -0.2) is 13.1 Å². The highest BCUT2D eigenvalue weighted by Gasteiger charge is 2.26. The second-order valence-corrected chi connectivity index (χ2v) is 7.22. The van der Waals surface area contributed by atoms with E-state index in [9.17, 15) is 13.2 Å². The van der Waals surface area contributed by atoms with Gasteiger partial charge in [0.1, 0.15) is 16.4 Å². The molecule has 3 N–H and O–H groups in total. The highest BCUT2D eigenvalue weighted by Crippen LogP contribution is 2.37. The Hall–Kier alpha value is -1.55. The lowest BCUT2D eigenvalue weighted by atomic mass is 10.2. The molecule has 2 heterocycles. The predicted molar refractivity (Wildman–Crippen MR) is 90.6 cm³/mol. The van der Waals surface area contributed by atoms with Crippen molar-refractivity contribution in [3.63, 3.8) is 0 Å². The molecular weight excluding hydrogens is 358 g/mol. The Bertz CT molecular complexity index is 719. The number of carbonyl (C=O) groups excluding carboxylic acids is 1. The van der Waals surface area contributed by atoms with Gasteiger partial charge in [-0.1, -0.05) is 0 Å². The Morgan fingerprint density at radius 2 is 2.21 bits per heavy atom. The molecular formula is C14H20ClN3O5S. The van der Waals surface area contributed by atoms with Gasteiger partial charge in [-0.3, -0.25) is 4.79 Å². The fourth-order valence-corrected chi connectivity index (χ4v) is 3.92. The van der Waals surface area contributed by atoms with Crippen molar-refractivity contribution in [3.05, 3.63) is 12.1 Å². The lowest BCUT2D eigenvalue weighted by Gasteiger charge is -2.21. The van der Waals surface area contributed by atoms with Gasteiger partial charge in [-0.15, -0.1) is 12.4 Å². The van der Waals surface area contributed by atoms with Gasteiger partial charge >= 0.3 is 0 Å². The van der Waals surface area contributed by atoms with Gasteiger partial charge in [0, 0.05) is 24.7 Å². The van der Waals surface area contributed by atoms with E-state index in [1.165, 1.54) is 19.2 Å². The smallest absolute Gasteiger partial charge is 0.262 e. The Kier molecular flexibility index (Phi) is 5.92. The van der Waals surface area contributed by atoms with Crippen LogP contribution < -0.4 is 24.8 Å². The van der Waals surface area contributed by atoms with Gasteiger partial charge in [0.05, 0.1) is 12.8 Å². The minimum Gasteiger partial charge on any atom is -0.495 e. The maximum absolute atomic E-state index is 12.6. The molecule has 1 aromatic carbocycles. The van der Waals surface area contributed by atoms with Crippen molar-refractivity contribution in [2.24, 2.45) is 0 Å². The van der Waals surface area contributed by atoms with Gasteiger partial charge in [0.25, 0.3) is 5.91 Å². The lowest BCUT2D eigenvalue weighted by molar-refractivity contribution is -0.118. The van der Waals surface area contributed by atoms with Gasteiger partial charge in [0.15, 0.2) is 6.61 Å². The number of amides is 1. The predicted octanol–water partition coefficient (Wildman–Crippen LogP) is 0.478. The number of methoxy groups -OCH3 is 1. The number of halogens is 1. The molecule has 24 heavy (non-hydrogen) atoms. The minimum absolute atomic E-state index is 0. The molecule has 0 spiro atoms. The fourth-order valence-electron chi connectivity index (χ4n) is 2.68. The first-order valence-corrected chi connectivity index (χ1v) is 8.85. The number of sulfonamides is 1. The topological polar surface area (TPSA) is 106 Å².